The molecular formula is C19H16F2N2O2. The minimum absolute atomic E-state index is 0.00567. The molecule has 0 saturated heterocycles. The summed E-state index contributed by atoms with van der Waals surface area (Å²) in [7, 11) is 0. The maximum Gasteiger partial charge on any atom is 0.387 e. The van der Waals surface area contributed by atoms with Gasteiger partial charge in [0.05, 0.1) is 0 Å². The van der Waals surface area contributed by atoms with Crippen molar-refractivity contribution in [3.8, 4) is 11.8 Å². The third-order valence-corrected chi connectivity index (χ3v) is 3.40. The van der Waals surface area contributed by atoms with Crippen molar-refractivity contribution in [2.45, 2.75) is 20.0 Å². The average molecular weight is 342 g/mol. The van der Waals surface area contributed by atoms with Gasteiger partial charge in [-0.1, -0.05) is 31.2 Å². The second-order valence-corrected chi connectivity index (χ2v) is 5.12. The fourth-order valence-electron chi connectivity index (χ4n) is 2.08. The van der Waals surface area contributed by atoms with Gasteiger partial charge in [-0.2, -0.15) is 14.0 Å². The highest BCUT2D eigenvalue weighted by molar-refractivity contribution is 6.09. The van der Waals surface area contributed by atoms with E-state index in [4.69, 9.17) is 0 Å². The molecule has 1 amide bonds. The van der Waals surface area contributed by atoms with E-state index in [1.54, 1.807) is 12.1 Å². The number of anilines is 1. The van der Waals surface area contributed by atoms with Crippen molar-refractivity contribution in [1.29, 1.82) is 5.26 Å². The second kappa shape index (κ2) is 8.60. The number of nitriles is 1. The van der Waals surface area contributed by atoms with Crippen molar-refractivity contribution in [3.63, 3.8) is 0 Å². The van der Waals surface area contributed by atoms with Gasteiger partial charge in [0.15, 0.2) is 0 Å². The monoisotopic (exact) mass is 342 g/mol. The third-order valence-electron chi connectivity index (χ3n) is 3.40. The number of halogens is 2. The zero-order valence-corrected chi connectivity index (χ0v) is 13.5. The first-order valence-electron chi connectivity index (χ1n) is 7.58. The number of benzene rings is 2. The van der Waals surface area contributed by atoms with Crippen molar-refractivity contribution in [2.75, 3.05) is 5.32 Å². The summed E-state index contributed by atoms with van der Waals surface area (Å²) in [6, 6.07) is 14.8. The number of carbonyl (C=O) groups is 1. The van der Waals surface area contributed by atoms with Gasteiger partial charge in [0.1, 0.15) is 17.4 Å². The van der Waals surface area contributed by atoms with Gasteiger partial charge in [0.2, 0.25) is 0 Å². The fraction of sp³-hybridized carbons (Fsp3) is 0.158. The molecule has 2 rings (SSSR count). The number of aryl methyl sites for hydroxylation is 1. The normalized spacial score (nSPS) is 11.1. The van der Waals surface area contributed by atoms with E-state index < -0.39 is 12.5 Å². The Morgan fingerprint density at radius 2 is 1.84 bits per heavy atom. The summed E-state index contributed by atoms with van der Waals surface area (Å²) in [5.41, 5.74) is 2.15. The van der Waals surface area contributed by atoms with Gasteiger partial charge in [0.25, 0.3) is 5.91 Å². The minimum Gasteiger partial charge on any atom is -0.435 e. The molecule has 0 aliphatic heterocycles. The molecule has 0 fully saturated rings. The lowest BCUT2D eigenvalue weighted by Crippen LogP contribution is -2.13. The molecule has 0 bridgehead atoms. The molecular weight excluding hydrogens is 326 g/mol. The number of nitrogens with one attached hydrogen (secondary N) is 1. The van der Waals surface area contributed by atoms with Gasteiger partial charge in [0, 0.05) is 5.69 Å². The predicted molar refractivity (Wildman–Crippen MR) is 91.1 cm³/mol. The summed E-state index contributed by atoms with van der Waals surface area (Å²) in [5, 5.41) is 11.8. The molecule has 2 aromatic rings. The highest BCUT2D eigenvalue weighted by atomic mass is 19.3. The maximum absolute atomic E-state index is 12.2. The number of hydrogen-bond donors (Lipinski definition) is 1. The zero-order chi connectivity index (χ0) is 18.2. The number of ether oxygens (including phenoxy) is 1. The van der Waals surface area contributed by atoms with Crippen molar-refractivity contribution in [3.05, 3.63) is 65.2 Å². The number of amides is 1. The van der Waals surface area contributed by atoms with E-state index in [-0.39, 0.29) is 11.3 Å². The highest BCUT2D eigenvalue weighted by Crippen LogP contribution is 2.17. The Kier molecular flexibility index (Phi) is 6.24. The van der Waals surface area contributed by atoms with Crippen LogP contribution in [0.3, 0.4) is 0 Å². The van der Waals surface area contributed by atoms with E-state index in [1.165, 1.54) is 30.3 Å². The van der Waals surface area contributed by atoms with Crippen LogP contribution in [0.25, 0.3) is 6.08 Å². The minimum atomic E-state index is -2.90. The van der Waals surface area contributed by atoms with Crippen LogP contribution in [0.5, 0.6) is 5.75 Å². The summed E-state index contributed by atoms with van der Waals surface area (Å²) in [5.74, 6) is -0.536. The number of rotatable bonds is 6. The summed E-state index contributed by atoms with van der Waals surface area (Å²) < 4.78 is 28.5. The van der Waals surface area contributed by atoms with E-state index in [2.05, 4.69) is 10.1 Å². The summed E-state index contributed by atoms with van der Waals surface area (Å²) >= 11 is 0. The Balaban J connectivity index is 2.10. The quantitative estimate of drug-likeness (QED) is 0.625. The molecule has 2 aromatic carbocycles. The fourth-order valence-corrected chi connectivity index (χ4v) is 2.08. The van der Waals surface area contributed by atoms with Crippen molar-refractivity contribution in [1.82, 2.24) is 0 Å². The second-order valence-electron chi connectivity index (χ2n) is 5.12. The van der Waals surface area contributed by atoms with Gasteiger partial charge >= 0.3 is 6.61 Å². The van der Waals surface area contributed by atoms with Crippen LogP contribution in [-0.4, -0.2) is 12.5 Å². The molecule has 0 atom stereocenters. The molecule has 0 heterocycles. The van der Waals surface area contributed by atoms with Crippen molar-refractivity contribution in [2.24, 2.45) is 0 Å². The topological polar surface area (TPSA) is 62.1 Å². The molecule has 0 aliphatic rings. The van der Waals surface area contributed by atoms with E-state index in [9.17, 15) is 18.8 Å². The van der Waals surface area contributed by atoms with Crippen LogP contribution in [0, 0.1) is 11.3 Å². The SMILES string of the molecule is CCc1ccc(NC(=O)C(C#N)=Cc2ccc(OC(F)F)cc2)cc1. The molecule has 0 radical (unpaired) electrons. The van der Waals surface area contributed by atoms with Gasteiger partial charge < -0.3 is 10.1 Å². The zero-order valence-electron chi connectivity index (χ0n) is 13.5. The first-order valence-corrected chi connectivity index (χ1v) is 7.58. The Hall–Kier alpha value is -3.20. The maximum atomic E-state index is 12.2. The van der Waals surface area contributed by atoms with Crippen LogP contribution in [0.15, 0.2) is 54.1 Å². The molecule has 0 aliphatic carbocycles. The largest absolute Gasteiger partial charge is 0.435 e. The van der Waals surface area contributed by atoms with Crippen LogP contribution >= 0.6 is 0 Å². The molecule has 4 nitrogen and oxygen atoms in total. The molecule has 0 saturated carbocycles. The lowest BCUT2D eigenvalue weighted by Gasteiger charge is -2.06. The van der Waals surface area contributed by atoms with Crippen LogP contribution in [0.2, 0.25) is 0 Å². The number of alkyl halides is 2. The Morgan fingerprint density at radius 1 is 1.20 bits per heavy atom. The Morgan fingerprint density at radius 3 is 2.36 bits per heavy atom. The predicted octanol–water partition coefficient (Wildman–Crippen LogP) is 4.40. The smallest absolute Gasteiger partial charge is 0.387 e. The van der Waals surface area contributed by atoms with E-state index in [1.807, 2.05) is 25.1 Å². The summed E-state index contributed by atoms with van der Waals surface area (Å²) in [6.07, 6.45) is 2.27. The number of hydrogen-bond acceptors (Lipinski definition) is 3. The lowest BCUT2D eigenvalue weighted by atomic mass is 10.1. The first kappa shape index (κ1) is 18.1. The van der Waals surface area contributed by atoms with Gasteiger partial charge in [-0.05, 0) is 47.9 Å². The van der Waals surface area contributed by atoms with Crippen LogP contribution in [0.4, 0.5) is 14.5 Å². The average Bonchev–Trinajstić information content (AvgIpc) is 2.61. The standard InChI is InChI=1S/C19H16F2N2O2/c1-2-13-3-7-16(8-4-13)23-18(24)15(12-22)11-14-5-9-17(10-6-14)25-19(20)21/h3-11,19H,2H2,1H3,(H,23,24). The van der Waals surface area contributed by atoms with Gasteiger partial charge in [-0.15, -0.1) is 0 Å². The van der Waals surface area contributed by atoms with Gasteiger partial charge in [-0.3, -0.25) is 4.79 Å². The van der Waals surface area contributed by atoms with E-state index in [0.29, 0.717) is 11.3 Å². The van der Waals surface area contributed by atoms with E-state index >= 15 is 0 Å². The van der Waals surface area contributed by atoms with Crippen molar-refractivity contribution >= 4 is 17.7 Å². The number of nitrogens with zero attached hydrogens (tertiary/aromatic N) is 1. The molecule has 1 N–H and O–H groups in total. The van der Waals surface area contributed by atoms with Crippen molar-refractivity contribution < 1.29 is 18.3 Å². The molecule has 128 valence electrons. The highest BCUT2D eigenvalue weighted by Gasteiger charge is 2.10. The Bertz CT molecular complexity index is 792. The van der Waals surface area contributed by atoms with Gasteiger partial charge in [-0.25, -0.2) is 0 Å². The number of carbonyl (C=O) groups excluding carboxylic acids is 1. The molecule has 0 aromatic heterocycles. The summed E-state index contributed by atoms with van der Waals surface area (Å²) in [6.45, 7) is -0.872. The first-order chi connectivity index (χ1) is 12.0. The third kappa shape index (κ3) is 5.43. The van der Waals surface area contributed by atoms with E-state index in [0.717, 1.165) is 12.0 Å². The Labute approximate surface area is 144 Å². The molecule has 0 unspecified atom stereocenters. The molecule has 25 heavy (non-hydrogen) atoms. The molecule has 6 heteroatoms. The molecule has 0 spiro atoms. The van der Waals surface area contributed by atoms with Crippen LogP contribution in [0.1, 0.15) is 18.1 Å². The summed E-state index contributed by atoms with van der Waals surface area (Å²) in [4.78, 5) is 12.2. The van der Waals surface area contributed by atoms with Crippen LogP contribution < -0.4 is 10.1 Å². The van der Waals surface area contributed by atoms with Crippen LogP contribution in [-0.2, 0) is 11.2 Å². The lowest BCUT2D eigenvalue weighted by molar-refractivity contribution is -0.112.